The summed E-state index contributed by atoms with van der Waals surface area (Å²) >= 11 is 5.97. The summed E-state index contributed by atoms with van der Waals surface area (Å²) in [6, 6.07) is 10.4. The summed E-state index contributed by atoms with van der Waals surface area (Å²) in [5.41, 5.74) is 0.688. The van der Waals surface area contributed by atoms with Gasteiger partial charge in [-0.2, -0.15) is 0 Å². The summed E-state index contributed by atoms with van der Waals surface area (Å²) in [4.78, 5) is 13.5. The van der Waals surface area contributed by atoms with Crippen molar-refractivity contribution in [1.29, 1.82) is 0 Å². The summed E-state index contributed by atoms with van der Waals surface area (Å²) in [6.07, 6.45) is 2.46. The number of anilines is 1. The zero-order valence-corrected chi connectivity index (χ0v) is 13.4. The molecule has 118 valence electrons. The van der Waals surface area contributed by atoms with Crippen LogP contribution in [0, 0.1) is 0 Å². The minimum Gasteiger partial charge on any atom is -0.467 e. The van der Waals surface area contributed by atoms with Crippen molar-refractivity contribution in [3.8, 4) is 0 Å². The predicted octanol–water partition coefficient (Wildman–Crippen LogP) is 2.02. The maximum absolute atomic E-state index is 11.9. The molecule has 0 bridgehead atoms. The van der Waals surface area contributed by atoms with Crippen molar-refractivity contribution in [2.24, 2.45) is 0 Å². The number of furan rings is 1. The number of halogens is 1. The molecule has 1 aromatic carbocycles. The van der Waals surface area contributed by atoms with E-state index in [0.717, 1.165) is 6.26 Å². The van der Waals surface area contributed by atoms with E-state index in [1.807, 2.05) is 4.72 Å². The molecule has 1 N–H and O–H groups in total. The van der Waals surface area contributed by atoms with Crippen LogP contribution in [0.15, 0.2) is 47.1 Å². The van der Waals surface area contributed by atoms with Crippen LogP contribution >= 0.6 is 11.6 Å². The highest BCUT2D eigenvalue weighted by molar-refractivity contribution is 7.89. The molecule has 2 aromatic rings. The van der Waals surface area contributed by atoms with Crippen LogP contribution in [-0.2, 0) is 21.4 Å². The molecule has 1 heterocycles. The molecule has 0 aliphatic carbocycles. The highest BCUT2D eigenvalue weighted by Crippen LogP contribution is 2.21. The molecule has 6 nitrogen and oxygen atoms in total. The van der Waals surface area contributed by atoms with E-state index in [4.69, 9.17) is 16.0 Å². The van der Waals surface area contributed by atoms with Gasteiger partial charge in [0.25, 0.3) is 5.91 Å². The third-order valence-corrected chi connectivity index (χ3v) is 3.57. The Hall–Kier alpha value is -1.99. The monoisotopic (exact) mass is 342 g/mol. The van der Waals surface area contributed by atoms with Crippen LogP contribution in [0.2, 0.25) is 5.02 Å². The first-order valence-electron chi connectivity index (χ1n) is 6.37. The van der Waals surface area contributed by atoms with E-state index in [1.165, 1.54) is 6.26 Å². The van der Waals surface area contributed by atoms with E-state index < -0.39 is 15.9 Å². The van der Waals surface area contributed by atoms with Crippen LogP contribution in [0.25, 0.3) is 0 Å². The number of hydrogen-bond donors (Lipinski definition) is 1. The average Bonchev–Trinajstić information content (AvgIpc) is 2.88. The highest BCUT2D eigenvalue weighted by atomic mass is 35.5. The first-order valence-corrected chi connectivity index (χ1v) is 8.64. The summed E-state index contributed by atoms with van der Waals surface area (Å²) < 4.78 is 29.5. The lowest BCUT2D eigenvalue weighted by Gasteiger charge is -2.23. The van der Waals surface area contributed by atoms with Gasteiger partial charge in [0.15, 0.2) is 0 Å². The molecule has 0 aliphatic heterocycles. The molecular weight excluding hydrogens is 328 g/mol. The smallest absolute Gasteiger partial charge is 0.252 e. The van der Waals surface area contributed by atoms with E-state index in [0.29, 0.717) is 23.0 Å². The van der Waals surface area contributed by atoms with E-state index >= 15 is 0 Å². The van der Waals surface area contributed by atoms with E-state index in [2.05, 4.69) is 0 Å². The summed E-state index contributed by atoms with van der Waals surface area (Å²) in [6.45, 7) is 0.165. The number of carbonyl (C=O) groups is 1. The van der Waals surface area contributed by atoms with Crippen molar-refractivity contribution >= 4 is 33.2 Å². The Kier molecular flexibility index (Phi) is 5.10. The Labute approximate surface area is 133 Å². The lowest BCUT2D eigenvalue weighted by molar-refractivity contribution is -0.118. The van der Waals surface area contributed by atoms with E-state index in [-0.39, 0.29) is 6.54 Å². The number of benzene rings is 1. The third-order valence-electron chi connectivity index (χ3n) is 2.73. The SMILES string of the molecule is CS(=O)(=O)NC(=O)CN(Cc1ccco1)c1cccc(Cl)c1. The van der Waals surface area contributed by atoms with Crippen molar-refractivity contribution in [2.75, 3.05) is 17.7 Å². The van der Waals surface area contributed by atoms with Crippen LogP contribution in [0.5, 0.6) is 0 Å². The molecule has 1 amide bonds. The maximum atomic E-state index is 11.9. The Morgan fingerprint density at radius 3 is 2.68 bits per heavy atom. The van der Waals surface area contributed by atoms with Gasteiger partial charge in [-0.15, -0.1) is 0 Å². The first-order chi connectivity index (χ1) is 10.3. The molecule has 0 saturated carbocycles. The summed E-state index contributed by atoms with van der Waals surface area (Å²) in [5, 5.41) is 0.519. The fourth-order valence-corrected chi connectivity index (χ4v) is 2.58. The summed E-state index contributed by atoms with van der Waals surface area (Å²) in [7, 11) is -3.60. The molecular formula is C14H15ClN2O4S. The molecule has 0 aliphatic rings. The Morgan fingerprint density at radius 1 is 1.32 bits per heavy atom. The molecule has 2 rings (SSSR count). The number of hydrogen-bond acceptors (Lipinski definition) is 5. The minimum atomic E-state index is -3.60. The quantitative estimate of drug-likeness (QED) is 0.868. The third kappa shape index (κ3) is 5.09. The number of rotatable bonds is 6. The topological polar surface area (TPSA) is 79.6 Å². The normalized spacial score (nSPS) is 11.2. The van der Waals surface area contributed by atoms with Crippen LogP contribution in [-0.4, -0.2) is 27.1 Å². The molecule has 0 fully saturated rings. The molecule has 0 saturated heterocycles. The summed E-state index contributed by atoms with van der Waals surface area (Å²) in [5.74, 6) is 0.0150. The lowest BCUT2D eigenvalue weighted by Crippen LogP contribution is -2.39. The maximum Gasteiger partial charge on any atom is 0.252 e. The standard InChI is InChI=1S/C14H15ClN2O4S/c1-22(19,20)16-14(18)10-17(9-13-6-3-7-21-13)12-5-2-4-11(15)8-12/h2-8H,9-10H2,1H3,(H,16,18). The van der Waals surface area contributed by atoms with Crippen molar-refractivity contribution in [3.63, 3.8) is 0 Å². The van der Waals surface area contributed by atoms with E-state index in [9.17, 15) is 13.2 Å². The van der Waals surface area contributed by atoms with Crippen molar-refractivity contribution in [3.05, 3.63) is 53.4 Å². The molecule has 8 heteroatoms. The van der Waals surface area contributed by atoms with Gasteiger partial charge in [-0.1, -0.05) is 17.7 Å². The van der Waals surface area contributed by atoms with Gasteiger partial charge in [0, 0.05) is 10.7 Å². The van der Waals surface area contributed by atoms with Crippen LogP contribution in [0.4, 0.5) is 5.69 Å². The number of nitrogens with zero attached hydrogens (tertiary/aromatic N) is 1. The second kappa shape index (κ2) is 6.85. The highest BCUT2D eigenvalue weighted by Gasteiger charge is 2.16. The largest absolute Gasteiger partial charge is 0.467 e. The zero-order valence-electron chi connectivity index (χ0n) is 11.8. The predicted molar refractivity (Wildman–Crippen MR) is 84.2 cm³/mol. The van der Waals surface area contributed by atoms with Gasteiger partial charge in [0.05, 0.1) is 25.6 Å². The Morgan fingerprint density at radius 2 is 2.09 bits per heavy atom. The van der Waals surface area contributed by atoms with Gasteiger partial charge >= 0.3 is 0 Å². The van der Waals surface area contributed by atoms with Crippen LogP contribution in [0.1, 0.15) is 5.76 Å². The van der Waals surface area contributed by atoms with Gasteiger partial charge in [0.1, 0.15) is 5.76 Å². The molecule has 0 atom stereocenters. The second-order valence-electron chi connectivity index (χ2n) is 4.71. The van der Waals surface area contributed by atoms with Crippen molar-refractivity contribution in [2.45, 2.75) is 6.54 Å². The Bertz CT molecular complexity index is 744. The molecule has 22 heavy (non-hydrogen) atoms. The Balaban J connectivity index is 2.20. The van der Waals surface area contributed by atoms with Gasteiger partial charge in [0.2, 0.25) is 10.0 Å². The van der Waals surface area contributed by atoms with Crippen molar-refractivity contribution < 1.29 is 17.6 Å². The van der Waals surface area contributed by atoms with Gasteiger partial charge in [-0.3, -0.25) is 9.52 Å². The van der Waals surface area contributed by atoms with Gasteiger partial charge in [-0.05, 0) is 30.3 Å². The zero-order chi connectivity index (χ0) is 16.2. The molecule has 0 unspecified atom stereocenters. The number of nitrogens with one attached hydrogen (secondary N) is 1. The lowest BCUT2D eigenvalue weighted by atomic mass is 10.2. The van der Waals surface area contributed by atoms with Gasteiger partial charge in [-0.25, -0.2) is 8.42 Å². The van der Waals surface area contributed by atoms with Crippen LogP contribution < -0.4 is 9.62 Å². The number of carbonyl (C=O) groups excluding carboxylic acids is 1. The molecule has 1 aromatic heterocycles. The number of amides is 1. The van der Waals surface area contributed by atoms with Gasteiger partial charge < -0.3 is 9.32 Å². The molecule has 0 spiro atoms. The van der Waals surface area contributed by atoms with E-state index in [1.54, 1.807) is 41.3 Å². The fourth-order valence-electron chi connectivity index (χ4n) is 1.91. The van der Waals surface area contributed by atoms with Crippen molar-refractivity contribution in [1.82, 2.24) is 4.72 Å². The minimum absolute atomic E-state index is 0.145. The van der Waals surface area contributed by atoms with Crippen LogP contribution in [0.3, 0.4) is 0 Å². The first kappa shape index (κ1) is 16.4. The second-order valence-corrected chi connectivity index (χ2v) is 6.90. The average molecular weight is 343 g/mol. The molecule has 0 radical (unpaired) electrons. The fraction of sp³-hybridized carbons (Fsp3) is 0.214. The number of sulfonamides is 1.